The smallest absolute Gasteiger partial charge is 0.306 e. The van der Waals surface area contributed by atoms with E-state index in [-0.39, 0.29) is 5.97 Å². The molecule has 98 valence electrons. The van der Waals surface area contributed by atoms with E-state index in [4.69, 9.17) is 20.6 Å². The first-order valence-corrected chi connectivity index (χ1v) is 5.76. The van der Waals surface area contributed by atoms with Crippen LogP contribution in [0.15, 0.2) is 0 Å². The highest BCUT2D eigenvalue weighted by atomic mass is 16.6. The summed E-state index contributed by atoms with van der Waals surface area (Å²) in [5.74, 6) is 2.18. The van der Waals surface area contributed by atoms with Gasteiger partial charge in [-0.1, -0.05) is 5.92 Å². The van der Waals surface area contributed by atoms with Gasteiger partial charge in [0, 0.05) is 13.0 Å². The van der Waals surface area contributed by atoms with Crippen LogP contribution >= 0.6 is 0 Å². The molecule has 0 saturated carbocycles. The zero-order valence-electron chi connectivity index (χ0n) is 11.0. The van der Waals surface area contributed by atoms with Gasteiger partial charge < -0.3 is 14.2 Å². The van der Waals surface area contributed by atoms with Gasteiger partial charge in [-0.2, -0.15) is 0 Å². The van der Waals surface area contributed by atoms with Crippen LogP contribution in [0.25, 0.3) is 0 Å². The summed E-state index contributed by atoms with van der Waals surface area (Å²) >= 11 is 0. The fourth-order valence-corrected chi connectivity index (χ4v) is 1.06. The summed E-state index contributed by atoms with van der Waals surface area (Å²) in [5, 5.41) is 0. The van der Waals surface area contributed by atoms with Crippen LogP contribution in [0.3, 0.4) is 0 Å². The molecule has 0 spiro atoms. The van der Waals surface area contributed by atoms with Crippen LogP contribution in [0.4, 0.5) is 0 Å². The van der Waals surface area contributed by atoms with Crippen molar-refractivity contribution >= 4 is 5.97 Å². The van der Waals surface area contributed by atoms with E-state index < -0.39 is 5.60 Å². The van der Waals surface area contributed by atoms with Gasteiger partial charge in [0.05, 0.1) is 13.2 Å². The maximum atomic E-state index is 11.3. The van der Waals surface area contributed by atoms with Crippen LogP contribution in [0, 0.1) is 12.3 Å². The number of ether oxygens (including phenoxy) is 3. The molecule has 0 aromatic rings. The summed E-state index contributed by atoms with van der Waals surface area (Å²) in [5.41, 5.74) is -0.416. The summed E-state index contributed by atoms with van der Waals surface area (Å²) in [4.78, 5) is 11.3. The van der Waals surface area contributed by atoms with Crippen LogP contribution in [-0.4, -0.2) is 38.0 Å². The summed E-state index contributed by atoms with van der Waals surface area (Å²) in [7, 11) is 0. The van der Waals surface area contributed by atoms with Crippen molar-refractivity contribution in [1.29, 1.82) is 0 Å². The monoisotopic (exact) mass is 242 g/mol. The molecule has 0 aliphatic heterocycles. The first-order chi connectivity index (χ1) is 7.95. The highest BCUT2D eigenvalue weighted by molar-refractivity contribution is 5.69. The van der Waals surface area contributed by atoms with Gasteiger partial charge in [0.15, 0.2) is 0 Å². The van der Waals surface area contributed by atoms with Gasteiger partial charge >= 0.3 is 5.97 Å². The van der Waals surface area contributed by atoms with Crippen LogP contribution in [0.5, 0.6) is 0 Å². The van der Waals surface area contributed by atoms with Crippen molar-refractivity contribution in [3.8, 4) is 12.3 Å². The van der Waals surface area contributed by atoms with E-state index in [1.165, 1.54) is 0 Å². The van der Waals surface area contributed by atoms with Gasteiger partial charge in [-0.3, -0.25) is 4.79 Å². The Balaban J connectivity index is 3.29. The molecule has 4 heteroatoms. The van der Waals surface area contributed by atoms with Crippen LogP contribution in [0.2, 0.25) is 0 Å². The molecule has 0 aliphatic rings. The van der Waals surface area contributed by atoms with E-state index in [0.717, 1.165) is 0 Å². The zero-order valence-corrected chi connectivity index (χ0v) is 11.0. The molecular formula is C13H22O4. The summed E-state index contributed by atoms with van der Waals surface area (Å²) in [6, 6.07) is 0. The Morgan fingerprint density at radius 2 is 1.82 bits per heavy atom. The standard InChI is InChI=1S/C13H22O4/c1-5-8-15-10-11-16-9-6-7-12(14)17-13(2,3)4/h1H,6-11H2,2-4H3. The molecule has 0 rings (SSSR count). The van der Waals surface area contributed by atoms with Crippen molar-refractivity contribution in [1.82, 2.24) is 0 Å². The normalized spacial score (nSPS) is 10.9. The van der Waals surface area contributed by atoms with Gasteiger partial charge in [0.2, 0.25) is 0 Å². The number of terminal acetylenes is 1. The summed E-state index contributed by atoms with van der Waals surface area (Å²) < 4.78 is 15.4. The number of carbonyl (C=O) groups is 1. The summed E-state index contributed by atoms with van der Waals surface area (Å²) in [6.07, 6.45) is 6.04. The number of hydrogen-bond acceptors (Lipinski definition) is 4. The largest absolute Gasteiger partial charge is 0.460 e. The molecule has 4 nitrogen and oxygen atoms in total. The van der Waals surface area contributed by atoms with Crippen molar-refractivity contribution in [2.75, 3.05) is 26.4 Å². The molecule has 0 atom stereocenters. The Labute approximate surface area is 104 Å². The minimum absolute atomic E-state index is 0.190. The van der Waals surface area contributed by atoms with Crippen molar-refractivity contribution in [3.05, 3.63) is 0 Å². The Bertz CT molecular complexity index is 247. The molecule has 0 amide bonds. The number of carbonyl (C=O) groups excluding carboxylic acids is 1. The average Bonchev–Trinajstić information content (AvgIpc) is 2.19. The minimum atomic E-state index is -0.416. The molecule has 0 aromatic carbocycles. The van der Waals surface area contributed by atoms with Crippen molar-refractivity contribution < 1.29 is 19.0 Å². The molecule has 0 radical (unpaired) electrons. The van der Waals surface area contributed by atoms with E-state index >= 15 is 0 Å². The molecule has 0 aliphatic carbocycles. The molecule has 0 aromatic heterocycles. The van der Waals surface area contributed by atoms with Crippen molar-refractivity contribution in [2.24, 2.45) is 0 Å². The molecule has 0 bridgehead atoms. The van der Waals surface area contributed by atoms with Crippen LogP contribution in [-0.2, 0) is 19.0 Å². The van der Waals surface area contributed by atoms with Crippen LogP contribution in [0.1, 0.15) is 33.6 Å². The number of rotatable bonds is 8. The molecule has 0 heterocycles. The zero-order chi connectivity index (χ0) is 13.1. The highest BCUT2D eigenvalue weighted by Gasteiger charge is 2.15. The second-order valence-corrected chi connectivity index (χ2v) is 4.56. The fraction of sp³-hybridized carbons (Fsp3) is 0.769. The van der Waals surface area contributed by atoms with E-state index in [1.54, 1.807) is 0 Å². The third kappa shape index (κ3) is 12.9. The maximum absolute atomic E-state index is 11.3. The Morgan fingerprint density at radius 1 is 1.18 bits per heavy atom. The Morgan fingerprint density at radius 3 is 2.41 bits per heavy atom. The van der Waals surface area contributed by atoms with Gasteiger partial charge in [-0.05, 0) is 27.2 Å². The molecule has 0 fully saturated rings. The van der Waals surface area contributed by atoms with Gasteiger partial charge in [0.25, 0.3) is 0 Å². The molecule has 0 saturated heterocycles. The lowest BCUT2D eigenvalue weighted by Crippen LogP contribution is -2.23. The quantitative estimate of drug-likeness (QED) is 0.370. The minimum Gasteiger partial charge on any atom is -0.460 e. The Hall–Kier alpha value is -1.05. The fourth-order valence-electron chi connectivity index (χ4n) is 1.06. The molecule has 17 heavy (non-hydrogen) atoms. The lowest BCUT2D eigenvalue weighted by atomic mass is 10.2. The predicted octanol–water partition coefficient (Wildman–Crippen LogP) is 1.77. The predicted molar refractivity (Wildman–Crippen MR) is 65.6 cm³/mol. The lowest BCUT2D eigenvalue weighted by molar-refractivity contribution is -0.155. The van der Waals surface area contributed by atoms with Gasteiger partial charge in [-0.15, -0.1) is 6.42 Å². The van der Waals surface area contributed by atoms with Crippen molar-refractivity contribution in [3.63, 3.8) is 0 Å². The lowest BCUT2D eigenvalue weighted by Gasteiger charge is -2.19. The van der Waals surface area contributed by atoms with Crippen LogP contribution < -0.4 is 0 Å². The third-order valence-corrected chi connectivity index (χ3v) is 1.65. The van der Waals surface area contributed by atoms with E-state index in [0.29, 0.717) is 39.3 Å². The second kappa shape index (κ2) is 9.03. The van der Waals surface area contributed by atoms with E-state index in [1.807, 2.05) is 20.8 Å². The maximum Gasteiger partial charge on any atom is 0.306 e. The van der Waals surface area contributed by atoms with E-state index in [2.05, 4.69) is 5.92 Å². The van der Waals surface area contributed by atoms with Gasteiger partial charge in [0.1, 0.15) is 12.2 Å². The number of esters is 1. The Kier molecular flexibility index (Phi) is 8.47. The average molecular weight is 242 g/mol. The first-order valence-electron chi connectivity index (χ1n) is 5.76. The number of hydrogen-bond donors (Lipinski definition) is 0. The van der Waals surface area contributed by atoms with Crippen molar-refractivity contribution in [2.45, 2.75) is 39.2 Å². The first kappa shape index (κ1) is 16.0. The second-order valence-electron chi connectivity index (χ2n) is 4.56. The summed E-state index contributed by atoms with van der Waals surface area (Å²) in [6.45, 7) is 7.37. The van der Waals surface area contributed by atoms with Gasteiger partial charge in [-0.25, -0.2) is 0 Å². The molecule has 0 N–H and O–H groups in total. The van der Waals surface area contributed by atoms with E-state index in [9.17, 15) is 4.79 Å². The topological polar surface area (TPSA) is 44.8 Å². The third-order valence-electron chi connectivity index (χ3n) is 1.65. The SMILES string of the molecule is C#CCOCCOCCCC(=O)OC(C)(C)C. The molecular weight excluding hydrogens is 220 g/mol. The highest BCUT2D eigenvalue weighted by Crippen LogP contribution is 2.08. The molecule has 0 unspecified atom stereocenters.